The van der Waals surface area contributed by atoms with Gasteiger partial charge < -0.3 is 9.84 Å². The van der Waals surface area contributed by atoms with Gasteiger partial charge in [0.1, 0.15) is 0 Å². The smallest absolute Gasteiger partial charge is 0.333 e. The molecule has 11 heteroatoms. The van der Waals surface area contributed by atoms with E-state index < -0.39 is 40.7 Å². The Balaban J connectivity index is 2.08. The molecule has 30 heavy (non-hydrogen) atoms. The number of rotatable bonds is 6. The number of carbonyl (C=O) groups is 2. The maximum absolute atomic E-state index is 13.0. The van der Waals surface area contributed by atoms with E-state index >= 15 is 0 Å². The van der Waals surface area contributed by atoms with Crippen LogP contribution in [0.3, 0.4) is 0 Å². The summed E-state index contributed by atoms with van der Waals surface area (Å²) < 4.78 is 6.74. The van der Waals surface area contributed by atoms with E-state index in [0.29, 0.717) is 6.42 Å². The van der Waals surface area contributed by atoms with Gasteiger partial charge in [-0.3, -0.25) is 28.4 Å². The summed E-state index contributed by atoms with van der Waals surface area (Å²) in [5.41, 5.74) is -1.74. The number of benzene rings is 1. The van der Waals surface area contributed by atoms with Crippen molar-refractivity contribution in [2.24, 2.45) is 24.3 Å². The Kier molecular flexibility index (Phi) is 5.65. The average Bonchev–Trinajstić information content (AvgIpc) is 3.00. The van der Waals surface area contributed by atoms with Gasteiger partial charge in [0.2, 0.25) is 11.6 Å². The summed E-state index contributed by atoms with van der Waals surface area (Å²) in [6, 6.07) is 4.08. The van der Waals surface area contributed by atoms with E-state index in [1.807, 2.05) is 6.92 Å². The zero-order valence-electron chi connectivity index (χ0n) is 16.9. The van der Waals surface area contributed by atoms with Gasteiger partial charge in [0, 0.05) is 21.2 Å². The summed E-state index contributed by atoms with van der Waals surface area (Å²) in [7, 11) is 4.00. The molecule has 0 aliphatic carbocycles. The molecule has 3 rings (SSSR count). The van der Waals surface area contributed by atoms with Gasteiger partial charge in [-0.15, -0.1) is 10.2 Å². The Morgan fingerprint density at radius 2 is 1.77 bits per heavy atom. The van der Waals surface area contributed by atoms with Gasteiger partial charge >= 0.3 is 5.69 Å². The summed E-state index contributed by atoms with van der Waals surface area (Å²) in [5.74, 6) is -1.66. The van der Waals surface area contributed by atoms with E-state index in [0.717, 1.165) is 14.0 Å². The summed E-state index contributed by atoms with van der Waals surface area (Å²) in [4.78, 5) is 51.0. The third-order valence-corrected chi connectivity index (χ3v) is 4.99. The first-order valence-corrected chi connectivity index (χ1v) is 9.15. The van der Waals surface area contributed by atoms with Crippen LogP contribution in [0.15, 0.2) is 38.0 Å². The van der Waals surface area contributed by atoms with Crippen molar-refractivity contribution in [1.29, 1.82) is 0 Å². The molecular weight excluding hydrogens is 394 g/mol. The fraction of sp³-hybridized carbons (Fsp3) is 0.368. The quantitative estimate of drug-likeness (QED) is 0.557. The Labute approximate surface area is 170 Å². The van der Waals surface area contributed by atoms with Gasteiger partial charge in [0.15, 0.2) is 0 Å². The van der Waals surface area contributed by atoms with Gasteiger partial charge in [-0.2, -0.15) is 0 Å². The fourth-order valence-electron chi connectivity index (χ4n) is 3.28. The first-order chi connectivity index (χ1) is 14.2. The molecule has 0 radical (unpaired) electrons. The number of carbonyl (C=O) groups excluding carboxylic acids is 2. The van der Waals surface area contributed by atoms with E-state index in [1.165, 1.54) is 39.4 Å². The number of aromatic hydroxyl groups is 1. The molecule has 11 nitrogen and oxygen atoms in total. The second-order valence-corrected chi connectivity index (χ2v) is 6.78. The highest BCUT2D eigenvalue weighted by Gasteiger charge is 2.41. The molecular formula is C19H21N5O6. The van der Waals surface area contributed by atoms with Crippen LogP contribution in [0, 0.1) is 0 Å². The maximum Gasteiger partial charge on any atom is 0.333 e. The van der Waals surface area contributed by atoms with E-state index in [9.17, 15) is 24.3 Å². The van der Waals surface area contributed by atoms with Crippen molar-refractivity contribution in [2.45, 2.75) is 19.4 Å². The third-order valence-electron chi connectivity index (χ3n) is 4.99. The molecule has 0 bridgehead atoms. The second-order valence-electron chi connectivity index (χ2n) is 6.78. The second kappa shape index (κ2) is 8.03. The van der Waals surface area contributed by atoms with E-state index in [1.54, 1.807) is 0 Å². The third kappa shape index (κ3) is 3.22. The minimum atomic E-state index is -0.845. The van der Waals surface area contributed by atoms with Gasteiger partial charge in [-0.25, -0.2) is 4.79 Å². The predicted molar refractivity (Wildman–Crippen MR) is 106 cm³/mol. The van der Waals surface area contributed by atoms with Crippen LogP contribution < -0.4 is 11.2 Å². The molecule has 0 saturated heterocycles. The topological polar surface area (TPSA) is 136 Å². The molecule has 0 spiro atoms. The predicted octanol–water partition coefficient (Wildman–Crippen LogP) is 1.23. The van der Waals surface area contributed by atoms with Crippen molar-refractivity contribution in [3.05, 3.63) is 50.2 Å². The maximum atomic E-state index is 13.0. The normalized spacial score (nSPS) is 14.6. The van der Waals surface area contributed by atoms with Gasteiger partial charge in [-0.05, 0) is 18.6 Å². The van der Waals surface area contributed by atoms with Gasteiger partial charge in [0.25, 0.3) is 17.4 Å². The first-order valence-electron chi connectivity index (χ1n) is 9.15. The average molecular weight is 415 g/mol. The Bertz CT molecular complexity index is 1180. The van der Waals surface area contributed by atoms with Crippen LogP contribution in [-0.2, 0) is 18.8 Å². The number of hydrogen-bond acceptors (Lipinski definition) is 8. The SMILES string of the molecule is CCC(COC)N1C(=O)c2cccc(N=Nc3c(O)n(C)c(=O)n(C)c3=O)c2C1=O. The molecule has 2 aromatic rings. The molecule has 1 aliphatic rings. The lowest BCUT2D eigenvalue weighted by Gasteiger charge is -2.24. The standard InChI is InChI=1S/C19H21N5O6/c1-5-10(9-30-4)24-15(25)11-7-6-8-12(13(11)16(24)26)20-21-14-17(27)22(2)19(29)23(3)18(14)28/h6-8,10,27H,5,9H2,1-4H3. The van der Waals surface area contributed by atoms with Crippen molar-refractivity contribution in [1.82, 2.24) is 14.0 Å². The van der Waals surface area contributed by atoms with Crippen molar-refractivity contribution in [3.63, 3.8) is 0 Å². The van der Waals surface area contributed by atoms with Crippen LogP contribution in [-0.4, -0.2) is 50.7 Å². The summed E-state index contributed by atoms with van der Waals surface area (Å²) in [6.45, 7) is 2.03. The summed E-state index contributed by atoms with van der Waals surface area (Å²) >= 11 is 0. The van der Waals surface area contributed by atoms with Crippen LogP contribution in [0.1, 0.15) is 34.1 Å². The Morgan fingerprint density at radius 1 is 1.07 bits per heavy atom. The molecule has 1 unspecified atom stereocenters. The van der Waals surface area contributed by atoms with E-state index in [4.69, 9.17) is 4.74 Å². The van der Waals surface area contributed by atoms with E-state index in [-0.39, 0.29) is 23.4 Å². The zero-order chi connectivity index (χ0) is 22.2. The van der Waals surface area contributed by atoms with Crippen LogP contribution >= 0.6 is 0 Å². The number of nitrogens with zero attached hydrogens (tertiary/aromatic N) is 5. The molecule has 2 heterocycles. The monoisotopic (exact) mass is 415 g/mol. The lowest BCUT2D eigenvalue weighted by Crippen LogP contribution is -2.42. The van der Waals surface area contributed by atoms with Crippen molar-refractivity contribution < 1.29 is 19.4 Å². The van der Waals surface area contributed by atoms with Gasteiger partial charge in [0.05, 0.1) is 29.5 Å². The van der Waals surface area contributed by atoms with Crippen molar-refractivity contribution in [3.8, 4) is 5.88 Å². The molecule has 1 atom stereocenters. The molecule has 1 aromatic heterocycles. The largest absolute Gasteiger partial charge is 0.493 e. The van der Waals surface area contributed by atoms with E-state index in [2.05, 4.69) is 10.2 Å². The highest BCUT2D eigenvalue weighted by atomic mass is 16.5. The van der Waals surface area contributed by atoms with Crippen LogP contribution in [0.2, 0.25) is 0 Å². The molecule has 158 valence electrons. The lowest BCUT2D eigenvalue weighted by molar-refractivity contribution is 0.0466. The molecule has 1 aliphatic heterocycles. The number of aromatic nitrogens is 2. The fourth-order valence-corrected chi connectivity index (χ4v) is 3.28. The highest BCUT2D eigenvalue weighted by molar-refractivity contribution is 6.23. The van der Waals surface area contributed by atoms with Crippen molar-refractivity contribution >= 4 is 23.2 Å². The van der Waals surface area contributed by atoms with Gasteiger partial charge in [-0.1, -0.05) is 13.0 Å². The minimum Gasteiger partial charge on any atom is -0.493 e. The molecule has 2 amide bonds. The number of azo groups is 1. The number of fused-ring (bicyclic) bond motifs is 1. The lowest BCUT2D eigenvalue weighted by atomic mass is 10.1. The number of methoxy groups -OCH3 is 1. The zero-order valence-corrected chi connectivity index (χ0v) is 16.9. The highest BCUT2D eigenvalue weighted by Crippen LogP contribution is 2.34. The first kappa shape index (κ1) is 21.1. The summed E-state index contributed by atoms with van der Waals surface area (Å²) in [6.07, 6.45) is 0.512. The molecule has 0 saturated carbocycles. The van der Waals surface area contributed by atoms with Crippen LogP contribution in [0.25, 0.3) is 0 Å². The molecule has 0 fully saturated rings. The van der Waals surface area contributed by atoms with Crippen LogP contribution in [0.5, 0.6) is 5.88 Å². The van der Waals surface area contributed by atoms with Crippen LogP contribution in [0.4, 0.5) is 11.4 Å². The Morgan fingerprint density at radius 3 is 2.40 bits per heavy atom. The number of imide groups is 1. The summed E-state index contributed by atoms with van der Waals surface area (Å²) in [5, 5.41) is 17.8. The Hall–Kier alpha value is -3.60. The number of amides is 2. The number of hydrogen-bond donors (Lipinski definition) is 1. The minimum absolute atomic E-state index is 0.0573. The molecule has 1 aromatic carbocycles. The molecule has 1 N–H and O–H groups in total. The number of ether oxygens (including phenoxy) is 1. The van der Waals surface area contributed by atoms with Crippen molar-refractivity contribution in [2.75, 3.05) is 13.7 Å².